The van der Waals surface area contributed by atoms with Gasteiger partial charge in [-0.1, -0.05) is 35.6 Å². The van der Waals surface area contributed by atoms with Crippen molar-refractivity contribution in [1.82, 2.24) is 24.5 Å². The molecule has 0 aliphatic rings. The van der Waals surface area contributed by atoms with E-state index in [1.54, 1.807) is 41.1 Å². The number of phenols is 1. The summed E-state index contributed by atoms with van der Waals surface area (Å²) < 4.78 is 8.49. The topological polar surface area (TPSA) is 132 Å². The fraction of sp³-hybridized carbons (Fsp3) is 0.107. The lowest BCUT2D eigenvalue weighted by Gasteiger charge is -2.11. The third-order valence-corrected chi connectivity index (χ3v) is 6.05. The number of nitrogens with zero attached hydrogens (tertiary/aromatic N) is 4. The Morgan fingerprint density at radius 2 is 1.89 bits per heavy atom. The summed E-state index contributed by atoms with van der Waals surface area (Å²) in [7, 11) is 1.52. The van der Waals surface area contributed by atoms with Gasteiger partial charge in [-0.2, -0.15) is 0 Å². The Morgan fingerprint density at radius 1 is 1.05 bits per heavy atom. The molecule has 0 bridgehead atoms. The highest BCUT2D eigenvalue weighted by Crippen LogP contribution is 2.24. The van der Waals surface area contributed by atoms with Crippen molar-refractivity contribution < 1.29 is 14.6 Å². The van der Waals surface area contributed by atoms with Crippen molar-refractivity contribution in [3.63, 3.8) is 0 Å². The molecule has 0 atom stereocenters. The van der Waals surface area contributed by atoms with Gasteiger partial charge in [0.05, 0.1) is 31.3 Å². The number of para-hydroxylation sites is 1. The number of rotatable bonds is 8. The van der Waals surface area contributed by atoms with Crippen molar-refractivity contribution in [2.75, 3.05) is 7.11 Å². The highest BCUT2D eigenvalue weighted by atomic mass is 16.5. The molecule has 0 spiro atoms. The number of benzene rings is 3. The lowest BCUT2D eigenvalue weighted by molar-refractivity contribution is 0.104. The zero-order valence-corrected chi connectivity index (χ0v) is 20.4. The molecular formula is C28H23N5O5. The second-order valence-corrected chi connectivity index (χ2v) is 8.59. The van der Waals surface area contributed by atoms with Crippen LogP contribution in [0.2, 0.25) is 0 Å². The predicted molar refractivity (Wildman–Crippen MR) is 142 cm³/mol. The zero-order valence-electron chi connectivity index (χ0n) is 20.4. The number of hydrogen-bond acceptors (Lipinski definition) is 7. The summed E-state index contributed by atoms with van der Waals surface area (Å²) in [5, 5.41) is 18.7. The molecule has 0 fully saturated rings. The summed E-state index contributed by atoms with van der Waals surface area (Å²) in [6.07, 6.45) is 4.41. The molecular weight excluding hydrogens is 486 g/mol. The molecule has 10 heteroatoms. The van der Waals surface area contributed by atoms with Gasteiger partial charge in [0, 0.05) is 17.8 Å². The Kier molecular flexibility index (Phi) is 6.68. The SMILES string of the molecule is COc1ccc(/C=C/C(=O)c2cc(Cn3nnc4ccccc43)ccc2O)cc1Cn1ccc(=O)[nH]c1=O. The van der Waals surface area contributed by atoms with E-state index in [-0.39, 0.29) is 23.6 Å². The Balaban J connectivity index is 1.37. The molecule has 38 heavy (non-hydrogen) atoms. The van der Waals surface area contributed by atoms with E-state index >= 15 is 0 Å². The number of aromatic nitrogens is 5. The van der Waals surface area contributed by atoms with Gasteiger partial charge in [-0.05, 0) is 53.6 Å². The lowest BCUT2D eigenvalue weighted by Crippen LogP contribution is -2.29. The van der Waals surface area contributed by atoms with Gasteiger partial charge in [-0.15, -0.1) is 5.10 Å². The number of methoxy groups -OCH3 is 1. The molecule has 5 rings (SSSR count). The van der Waals surface area contributed by atoms with Gasteiger partial charge < -0.3 is 9.84 Å². The summed E-state index contributed by atoms with van der Waals surface area (Å²) in [5.41, 5.74) is 2.95. The van der Waals surface area contributed by atoms with E-state index in [2.05, 4.69) is 15.3 Å². The van der Waals surface area contributed by atoms with Crippen LogP contribution in [0.3, 0.4) is 0 Å². The van der Waals surface area contributed by atoms with Crippen molar-refractivity contribution in [2.24, 2.45) is 0 Å². The van der Waals surface area contributed by atoms with Gasteiger partial charge in [-0.3, -0.25) is 19.1 Å². The number of carbonyl (C=O) groups is 1. The normalized spacial score (nSPS) is 11.3. The molecule has 0 saturated carbocycles. The average molecular weight is 510 g/mol. The molecule has 3 aromatic carbocycles. The van der Waals surface area contributed by atoms with Crippen LogP contribution in [0.5, 0.6) is 11.5 Å². The standard InChI is InChI=1S/C28H23N5O5/c1-38-26-11-8-18(14-20(26)17-32-13-12-27(36)29-28(32)37)6-9-24(34)21-15-19(7-10-25(21)35)16-33-23-5-3-2-4-22(23)30-31-33/h2-15,35H,16-17H2,1H3,(H,29,36,37)/b9-6+. The van der Waals surface area contributed by atoms with Crippen LogP contribution in [0, 0.1) is 0 Å². The maximum atomic E-state index is 13.0. The minimum atomic E-state index is -0.537. The summed E-state index contributed by atoms with van der Waals surface area (Å²) in [6, 6.07) is 19.0. The number of hydrogen-bond donors (Lipinski definition) is 2. The lowest BCUT2D eigenvalue weighted by atomic mass is 10.0. The van der Waals surface area contributed by atoms with Crippen LogP contribution in [0.1, 0.15) is 27.0 Å². The second-order valence-electron chi connectivity index (χ2n) is 8.59. The molecule has 2 N–H and O–H groups in total. The monoisotopic (exact) mass is 509 g/mol. The third-order valence-electron chi connectivity index (χ3n) is 6.05. The smallest absolute Gasteiger partial charge is 0.328 e. The highest BCUT2D eigenvalue weighted by molar-refractivity contribution is 6.08. The van der Waals surface area contributed by atoms with Crippen molar-refractivity contribution in [3.05, 3.63) is 122 Å². The summed E-state index contributed by atoms with van der Waals surface area (Å²) in [4.78, 5) is 38.7. The first-order valence-corrected chi connectivity index (χ1v) is 11.7. The van der Waals surface area contributed by atoms with Gasteiger partial charge in [0.15, 0.2) is 5.78 Å². The molecule has 0 unspecified atom stereocenters. The largest absolute Gasteiger partial charge is 0.507 e. The maximum Gasteiger partial charge on any atom is 0.328 e. The van der Waals surface area contributed by atoms with E-state index in [0.29, 0.717) is 23.4 Å². The number of ether oxygens (including phenoxy) is 1. The molecule has 0 aliphatic carbocycles. The van der Waals surface area contributed by atoms with E-state index < -0.39 is 11.2 Å². The summed E-state index contributed by atoms with van der Waals surface area (Å²) in [6.45, 7) is 0.547. The van der Waals surface area contributed by atoms with Crippen molar-refractivity contribution in [3.8, 4) is 11.5 Å². The number of nitrogens with one attached hydrogen (secondary N) is 1. The first-order valence-electron chi connectivity index (χ1n) is 11.7. The maximum absolute atomic E-state index is 13.0. The number of allylic oxidation sites excluding steroid dienone is 1. The fourth-order valence-corrected chi connectivity index (χ4v) is 4.13. The van der Waals surface area contributed by atoms with E-state index in [9.17, 15) is 19.5 Å². The number of carbonyl (C=O) groups excluding carboxylic acids is 1. The van der Waals surface area contributed by atoms with Crippen LogP contribution in [-0.2, 0) is 13.1 Å². The molecule has 10 nitrogen and oxygen atoms in total. The second kappa shape index (κ2) is 10.4. The zero-order chi connectivity index (χ0) is 26.6. The van der Waals surface area contributed by atoms with Crippen LogP contribution < -0.4 is 16.0 Å². The van der Waals surface area contributed by atoms with E-state index in [1.165, 1.54) is 36.1 Å². The Morgan fingerprint density at radius 3 is 2.71 bits per heavy atom. The summed E-state index contributed by atoms with van der Waals surface area (Å²) >= 11 is 0. The van der Waals surface area contributed by atoms with Crippen molar-refractivity contribution >= 4 is 22.9 Å². The molecule has 5 aromatic rings. The molecule has 0 aliphatic heterocycles. The Bertz CT molecular complexity index is 1800. The number of ketones is 1. The molecule has 2 heterocycles. The quantitative estimate of drug-likeness (QED) is 0.243. The van der Waals surface area contributed by atoms with E-state index in [4.69, 9.17) is 4.74 Å². The van der Waals surface area contributed by atoms with Crippen molar-refractivity contribution in [2.45, 2.75) is 13.1 Å². The van der Waals surface area contributed by atoms with Gasteiger partial charge in [0.2, 0.25) is 0 Å². The van der Waals surface area contributed by atoms with Gasteiger partial charge in [0.25, 0.3) is 5.56 Å². The minimum absolute atomic E-state index is 0.125. The van der Waals surface area contributed by atoms with Crippen LogP contribution in [0.15, 0.2) is 88.6 Å². The minimum Gasteiger partial charge on any atom is -0.507 e. The van der Waals surface area contributed by atoms with Gasteiger partial charge in [-0.25, -0.2) is 9.48 Å². The average Bonchev–Trinajstić information content (AvgIpc) is 3.32. The Labute approximate surface area is 216 Å². The number of aromatic amines is 1. The third kappa shape index (κ3) is 5.14. The van der Waals surface area contributed by atoms with Crippen LogP contribution >= 0.6 is 0 Å². The molecule has 0 radical (unpaired) electrons. The van der Waals surface area contributed by atoms with Crippen LogP contribution in [0.4, 0.5) is 0 Å². The molecule has 190 valence electrons. The fourth-order valence-electron chi connectivity index (χ4n) is 4.13. The molecule has 2 aromatic heterocycles. The molecule has 0 saturated heterocycles. The number of fused-ring (bicyclic) bond motifs is 1. The van der Waals surface area contributed by atoms with E-state index in [1.807, 2.05) is 24.3 Å². The summed E-state index contributed by atoms with van der Waals surface area (Å²) in [5.74, 6) is 0.0549. The first kappa shape index (κ1) is 24.4. The Hall–Kier alpha value is -5.25. The first-order chi connectivity index (χ1) is 18.4. The van der Waals surface area contributed by atoms with Gasteiger partial charge >= 0.3 is 5.69 Å². The van der Waals surface area contributed by atoms with Crippen LogP contribution in [-0.4, -0.2) is 42.5 Å². The molecule has 0 amide bonds. The number of H-pyrrole nitrogens is 1. The van der Waals surface area contributed by atoms with Gasteiger partial charge in [0.1, 0.15) is 17.0 Å². The predicted octanol–water partition coefficient (Wildman–Crippen LogP) is 2.99. The highest BCUT2D eigenvalue weighted by Gasteiger charge is 2.12. The number of aromatic hydroxyl groups is 1. The number of phenolic OH excluding ortho intramolecular Hbond substituents is 1. The van der Waals surface area contributed by atoms with Crippen LogP contribution in [0.25, 0.3) is 17.1 Å². The van der Waals surface area contributed by atoms with E-state index in [0.717, 1.165) is 16.6 Å². The van der Waals surface area contributed by atoms with Crippen molar-refractivity contribution in [1.29, 1.82) is 0 Å².